The largest absolute Gasteiger partial charge is 0.316 e. The van der Waals surface area contributed by atoms with Crippen molar-refractivity contribution in [2.24, 2.45) is 5.92 Å². The van der Waals surface area contributed by atoms with Gasteiger partial charge in [-0.05, 0) is 43.0 Å². The summed E-state index contributed by atoms with van der Waals surface area (Å²) in [6.07, 6.45) is 5.27. The Bertz CT molecular complexity index is 380. The molecular weight excluding hydrogens is 242 g/mol. The van der Waals surface area contributed by atoms with E-state index in [1.54, 1.807) is 0 Å². The van der Waals surface area contributed by atoms with Crippen LogP contribution in [0.5, 0.6) is 0 Å². The van der Waals surface area contributed by atoms with E-state index < -0.39 is 0 Å². The van der Waals surface area contributed by atoms with Gasteiger partial charge in [-0.3, -0.25) is 0 Å². The Kier molecular flexibility index (Phi) is 4.69. The topological polar surface area (TPSA) is 12.0 Å². The van der Waals surface area contributed by atoms with E-state index in [2.05, 4.69) is 37.4 Å². The van der Waals surface area contributed by atoms with Crippen LogP contribution in [0.3, 0.4) is 0 Å². The summed E-state index contributed by atoms with van der Waals surface area (Å²) in [6, 6.07) is 8.45. The van der Waals surface area contributed by atoms with Gasteiger partial charge in [-0.25, -0.2) is 0 Å². The van der Waals surface area contributed by atoms with Gasteiger partial charge in [-0.2, -0.15) is 0 Å². The lowest BCUT2D eigenvalue weighted by molar-refractivity contribution is 0.391. The second kappa shape index (κ2) is 6.08. The summed E-state index contributed by atoms with van der Waals surface area (Å²) in [5, 5.41) is 4.51. The van der Waals surface area contributed by atoms with E-state index in [1.165, 1.54) is 31.2 Å². The van der Waals surface area contributed by atoms with Gasteiger partial charge >= 0.3 is 0 Å². The minimum Gasteiger partial charge on any atom is -0.316 e. The van der Waals surface area contributed by atoms with Gasteiger partial charge < -0.3 is 5.32 Å². The molecule has 1 nitrogen and oxygen atoms in total. The molecule has 0 atom stereocenters. The highest BCUT2D eigenvalue weighted by atomic mass is 35.5. The summed E-state index contributed by atoms with van der Waals surface area (Å²) >= 11 is 6.15. The molecule has 2 heteroatoms. The lowest BCUT2D eigenvalue weighted by Crippen LogP contribution is -2.37. The van der Waals surface area contributed by atoms with Crippen LogP contribution in [0.25, 0.3) is 0 Å². The van der Waals surface area contributed by atoms with E-state index in [9.17, 15) is 0 Å². The molecule has 1 aromatic rings. The van der Waals surface area contributed by atoms with Crippen molar-refractivity contribution in [1.29, 1.82) is 0 Å². The van der Waals surface area contributed by atoms with E-state index in [0.717, 1.165) is 18.1 Å². The van der Waals surface area contributed by atoms with Crippen molar-refractivity contribution >= 4 is 11.6 Å². The van der Waals surface area contributed by atoms with E-state index in [0.29, 0.717) is 11.3 Å². The molecule has 18 heavy (non-hydrogen) atoms. The Morgan fingerprint density at radius 1 is 1.28 bits per heavy atom. The van der Waals surface area contributed by atoms with E-state index >= 15 is 0 Å². The first-order chi connectivity index (χ1) is 8.62. The predicted octanol–water partition coefficient (Wildman–Crippen LogP) is 4.40. The molecule has 1 aliphatic carbocycles. The third-order valence-corrected chi connectivity index (χ3v) is 4.25. The van der Waals surface area contributed by atoms with Crippen LogP contribution in [0.2, 0.25) is 5.02 Å². The monoisotopic (exact) mass is 265 g/mol. The van der Waals surface area contributed by atoms with Crippen molar-refractivity contribution < 1.29 is 0 Å². The Hall–Kier alpha value is -0.530. The summed E-state index contributed by atoms with van der Waals surface area (Å²) in [5.74, 6) is 0.711. The minimum absolute atomic E-state index is 0.319. The summed E-state index contributed by atoms with van der Waals surface area (Å²) in [4.78, 5) is 0. The smallest absolute Gasteiger partial charge is 0.0408 e. The molecule has 1 aromatic carbocycles. The van der Waals surface area contributed by atoms with Gasteiger partial charge in [0.2, 0.25) is 0 Å². The van der Waals surface area contributed by atoms with E-state index in [4.69, 9.17) is 11.6 Å². The number of nitrogens with one attached hydrogen (secondary N) is 1. The van der Waals surface area contributed by atoms with Gasteiger partial charge in [-0.15, -0.1) is 0 Å². The standard InChI is InChI=1S/C16H24ClN/c1-13(2)11-18-12-16(8-3-4-9-16)14-6-5-7-15(17)10-14/h5-7,10,13,18H,3-4,8-9,11-12H2,1-2H3. The summed E-state index contributed by atoms with van der Waals surface area (Å²) in [7, 11) is 0. The molecule has 1 saturated carbocycles. The number of benzene rings is 1. The molecule has 1 fully saturated rings. The first-order valence-electron chi connectivity index (χ1n) is 7.09. The highest BCUT2D eigenvalue weighted by Gasteiger charge is 2.35. The highest BCUT2D eigenvalue weighted by Crippen LogP contribution is 2.41. The average Bonchev–Trinajstić information content (AvgIpc) is 2.78. The molecule has 0 aliphatic heterocycles. The van der Waals surface area contributed by atoms with E-state index in [-0.39, 0.29) is 0 Å². The Morgan fingerprint density at radius 3 is 2.61 bits per heavy atom. The van der Waals surface area contributed by atoms with Crippen molar-refractivity contribution in [2.75, 3.05) is 13.1 Å². The van der Waals surface area contributed by atoms with Crippen LogP contribution in [0.1, 0.15) is 45.1 Å². The van der Waals surface area contributed by atoms with Crippen LogP contribution in [0.15, 0.2) is 24.3 Å². The fraction of sp³-hybridized carbons (Fsp3) is 0.625. The molecule has 0 spiro atoms. The first kappa shape index (κ1) is 13.9. The van der Waals surface area contributed by atoms with Crippen molar-refractivity contribution in [3.05, 3.63) is 34.9 Å². The molecule has 0 bridgehead atoms. The lowest BCUT2D eigenvalue weighted by atomic mass is 9.79. The average molecular weight is 266 g/mol. The van der Waals surface area contributed by atoms with Crippen molar-refractivity contribution in [2.45, 2.75) is 44.9 Å². The van der Waals surface area contributed by atoms with Gasteiger partial charge in [-0.1, -0.05) is 50.4 Å². The van der Waals surface area contributed by atoms with Gasteiger partial charge in [0.15, 0.2) is 0 Å². The van der Waals surface area contributed by atoms with Gasteiger partial charge in [0.05, 0.1) is 0 Å². The molecule has 0 saturated heterocycles. The number of hydrogen-bond acceptors (Lipinski definition) is 1. The second-order valence-electron chi connectivity index (χ2n) is 6.02. The zero-order valence-corrected chi connectivity index (χ0v) is 12.3. The quantitative estimate of drug-likeness (QED) is 0.832. The van der Waals surface area contributed by atoms with Gasteiger partial charge in [0.25, 0.3) is 0 Å². The van der Waals surface area contributed by atoms with Crippen LogP contribution in [-0.2, 0) is 5.41 Å². The summed E-state index contributed by atoms with van der Waals surface area (Å²) in [6.45, 7) is 6.70. The maximum atomic E-state index is 6.15. The van der Waals surface area contributed by atoms with Gasteiger partial charge in [0.1, 0.15) is 0 Å². The van der Waals surface area contributed by atoms with Crippen molar-refractivity contribution in [3.8, 4) is 0 Å². The number of hydrogen-bond donors (Lipinski definition) is 1. The lowest BCUT2D eigenvalue weighted by Gasteiger charge is -2.30. The Morgan fingerprint density at radius 2 is 2.00 bits per heavy atom. The summed E-state index contributed by atoms with van der Waals surface area (Å²) in [5.41, 5.74) is 1.74. The Labute approximate surface area is 116 Å². The normalized spacial score (nSPS) is 18.4. The van der Waals surface area contributed by atoms with Crippen LogP contribution in [-0.4, -0.2) is 13.1 Å². The van der Waals surface area contributed by atoms with Crippen LogP contribution < -0.4 is 5.32 Å². The molecule has 1 aliphatic rings. The third kappa shape index (κ3) is 3.27. The molecular formula is C16H24ClN. The number of rotatable bonds is 5. The summed E-state index contributed by atoms with van der Waals surface area (Å²) < 4.78 is 0. The molecule has 0 radical (unpaired) electrons. The molecule has 2 rings (SSSR count). The van der Waals surface area contributed by atoms with Crippen molar-refractivity contribution in [3.63, 3.8) is 0 Å². The van der Waals surface area contributed by atoms with Crippen molar-refractivity contribution in [1.82, 2.24) is 5.32 Å². The first-order valence-corrected chi connectivity index (χ1v) is 7.47. The SMILES string of the molecule is CC(C)CNCC1(c2cccc(Cl)c2)CCCC1. The molecule has 0 amide bonds. The maximum absolute atomic E-state index is 6.15. The zero-order chi connectivity index (χ0) is 13.0. The van der Waals surface area contributed by atoms with Crippen LogP contribution >= 0.6 is 11.6 Å². The predicted molar refractivity (Wildman–Crippen MR) is 79.3 cm³/mol. The molecule has 100 valence electrons. The van der Waals surface area contributed by atoms with Crippen LogP contribution in [0, 0.1) is 5.92 Å². The second-order valence-corrected chi connectivity index (χ2v) is 6.46. The fourth-order valence-corrected chi connectivity index (χ4v) is 3.23. The zero-order valence-electron chi connectivity index (χ0n) is 11.5. The molecule has 0 heterocycles. The highest BCUT2D eigenvalue weighted by molar-refractivity contribution is 6.30. The molecule has 0 aromatic heterocycles. The van der Waals surface area contributed by atoms with Crippen LogP contribution in [0.4, 0.5) is 0 Å². The fourth-order valence-electron chi connectivity index (χ4n) is 3.04. The molecule has 1 N–H and O–H groups in total. The third-order valence-electron chi connectivity index (χ3n) is 4.01. The minimum atomic E-state index is 0.319. The number of halogens is 1. The Balaban J connectivity index is 2.11. The van der Waals surface area contributed by atoms with E-state index in [1.807, 2.05) is 6.07 Å². The van der Waals surface area contributed by atoms with Gasteiger partial charge in [0, 0.05) is 17.0 Å². The maximum Gasteiger partial charge on any atom is 0.0408 e. The molecule has 0 unspecified atom stereocenters.